The van der Waals surface area contributed by atoms with E-state index in [2.05, 4.69) is 9.88 Å². The number of hydrogen-bond donors (Lipinski definition) is 0. The molecule has 24 heavy (non-hydrogen) atoms. The fourth-order valence-electron chi connectivity index (χ4n) is 3.20. The molecule has 0 N–H and O–H groups in total. The number of para-hydroxylation sites is 1. The minimum absolute atomic E-state index is 0.175. The number of rotatable bonds is 3. The molecular weight excluding hydrogens is 322 g/mol. The molecule has 1 saturated heterocycles. The van der Waals surface area contributed by atoms with Crippen molar-refractivity contribution in [2.75, 3.05) is 18.0 Å². The summed E-state index contributed by atoms with van der Waals surface area (Å²) >= 11 is 1.56. The smallest absolute Gasteiger partial charge is 0.293 e. The van der Waals surface area contributed by atoms with Crippen LogP contribution in [0.25, 0.3) is 20.8 Å². The Balaban J connectivity index is 1.76. The Bertz CT molecular complexity index is 867. The van der Waals surface area contributed by atoms with E-state index >= 15 is 0 Å². The Kier molecular flexibility index (Phi) is 3.90. The van der Waals surface area contributed by atoms with Crippen LogP contribution in [0.5, 0.6) is 0 Å². The van der Waals surface area contributed by atoms with E-state index in [1.165, 1.54) is 6.42 Å². The maximum absolute atomic E-state index is 11.6. The maximum atomic E-state index is 11.6. The van der Waals surface area contributed by atoms with Crippen molar-refractivity contribution in [2.24, 2.45) is 0 Å². The van der Waals surface area contributed by atoms with Crippen LogP contribution in [0.15, 0.2) is 42.5 Å². The van der Waals surface area contributed by atoms with E-state index in [0.717, 1.165) is 52.4 Å². The number of hydrogen-bond acceptors (Lipinski definition) is 5. The lowest BCUT2D eigenvalue weighted by Gasteiger charge is -2.28. The van der Waals surface area contributed by atoms with Crippen LogP contribution in [0, 0.1) is 10.1 Å². The van der Waals surface area contributed by atoms with Crippen molar-refractivity contribution in [1.82, 2.24) is 4.98 Å². The zero-order valence-corrected chi connectivity index (χ0v) is 14.0. The highest BCUT2D eigenvalue weighted by atomic mass is 32.1. The van der Waals surface area contributed by atoms with Crippen LogP contribution in [0.3, 0.4) is 0 Å². The van der Waals surface area contributed by atoms with Crippen LogP contribution in [0.1, 0.15) is 19.3 Å². The fraction of sp³-hybridized carbons (Fsp3) is 0.278. The summed E-state index contributed by atoms with van der Waals surface area (Å²) < 4.78 is 1.09. The number of fused-ring (bicyclic) bond motifs is 1. The second-order valence-corrected chi connectivity index (χ2v) is 7.03. The second kappa shape index (κ2) is 6.20. The van der Waals surface area contributed by atoms with Crippen molar-refractivity contribution >= 4 is 32.9 Å². The van der Waals surface area contributed by atoms with Crippen LogP contribution < -0.4 is 4.90 Å². The van der Waals surface area contributed by atoms with Gasteiger partial charge in [0.15, 0.2) is 0 Å². The van der Waals surface area contributed by atoms with Crippen molar-refractivity contribution in [2.45, 2.75) is 19.3 Å². The number of aromatic nitrogens is 1. The Morgan fingerprint density at radius 3 is 2.62 bits per heavy atom. The third-order valence-electron chi connectivity index (χ3n) is 4.41. The third-order valence-corrected chi connectivity index (χ3v) is 5.50. The molecule has 122 valence electrons. The van der Waals surface area contributed by atoms with Crippen molar-refractivity contribution in [3.8, 4) is 10.6 Å². The largest absolute Gasteiger partial charge is 0.366 e. The first-order valence-electron chi connectivity index (χ1n) is 8.12. The summed E-state index contributed by atoms with van der Waals surface area (Å²) in [5.41, 5.74) is 2.64. The molecule has 0 amide bonds. The fourth-order valence-corrected chi connectivity index (χ4v) is 4.16. The quantitative estimate of drug-likeness (QED) is 0.505. The van der Waals surface area contributed by atoms with Gasteiger partial charge in [0.25, 0.3) is 5.69 Å². The molecule has 1 aliphatic heterocycles. The van der Waals surface area contributed by atoms with Crippen molar-refractivity contribution < 1.29 is 4.92 Å². The number of benzene rings is 2. The van der Waals surface area contributed by atoms with Gasteiger partial charge >= 0.3 is 0 Å². The van der Waals surface area contributed by atoms with Crippen molar-refractivity contribution in [3.63, 3.8) is 0 Å². The Morgan fingerprint density at radius 2 is 1.88 bits per heavy atom. The van der Waals surface area contributed by atoms with Gasteiger partial charge in [-0.1, -0.05) is 12.1 Å². The van der Waals surface area contributed by atoms with Gasteiger partial charge in [-0.05, 0) is 43.5 Å². The van der Waals surface area contributed by atoms with Gasteiger partial charge in [0, 0.05) is 24.7 Å². The summed E-state index contributed by atoms with van der Waals surface area (Å²) in [5.74, 6) is 0. The van der Waals surface area contributed by atoms with E-state index in [-0.39, 0.29) is 10.6 Å². The van der Waals surface area contributed by atoms with Gasteiger partial charge in [-0.15, -0.1) is 11.3 Å². The molecule has 6 heteroatoms. The molecule has 0 atom stereocenters. The summed E-state index contributed by atoms with van der Waals surface area (Å²) in [7, 11) is 0. The molecule has 0 spiro atoms. The van der Waals surface area contributed by atoms with Crippen LogP contribution in [0.4, 0.5) is 11.4 Å². The first-order valence-corrected chi connectivity index (χ1v) is 8.93. The number of piperidine rings is 1. The molecule has 5 nitrogen and oxygen atoms in total. The molecular formula is C18H17N3O2S. The van der Waals surface area contributed by atoms with Crippen LogP contribution >= 0.6 is 11.3 Å². The van der Waals surface area contributed by atoms with Gasteiger partial charge < -0.3 is 4.90 Å². The molecule has 0 unspecified atom stereocenters. The first-order chi connectivity index (χ1) is 11.7. The van der Waals surface area contributed by atoms with E-state index in [4.69, 9.17) is 0 Å². The summed E-state index contributed by atoms with van der Waals surface area (Å²) in [4.78, 5) is 18.0. The summed E-state index contributed by atoms with van der Waals surface area (Å²) in [5, 5.41) is 12.4. The molecule has 1 aromatic heterocycles. The lowest BCUT2D eigenvalue weighted by Crippen LogP contribution is -2.29. The van der Waals surface area contributed by atoms with Crippen LogP contribution in [-0.2, 0) is 0 Å². The number of nitro groups is 1. The molecule has 4 rings (SSSR count). The molecule has 2 aromatic carbocycles. The zero-order valence-electron chi connectivity index (χ0n) is 13.1. The highest BCUT2D eigenvalue weighted by Crippen LogP contribution is 2.37. The first kappa shape index (κ1) is 15.1. The second-order valence-electron chi connectivity index (χ2n) is 6.00. The minimum Gasteiger partial charge on any atom is -0.366 e. The Hall–Kier alpha value is -2.47. The molecule has 1 aliphatic rings. The SMILES string of the molecule is O=[N+]([O-])c1cc(-c2nc3ccccc3s2)ccc1N1CCCCC1. The standard InChI is InChI=1S/C18H17N3O2S/c22-21(23)16-12-13(8-9-15(16)20-10-4-1-5-11-20)18-19-14-6-2-3-7-17(14)24-18/h2-3,6-9,12H,1,4-5,10-11H2. The normalized spacial score (nSPS) is 14.9. The number of thiazole rings is 1. The van der Waals surface area contributed by atoms with E-state index in [0.29, 0.717) is 0 Å². The predicted octanol–water partition coefficient (Wildman–Crippen LogP) is 4.86. The van der Waals surface area contributed by atoms with Gasteiger partial charge in [-0.3, -0.25) is 10.1 Å². The Morgan fingerprint density at radius 1 is 1.08 bits per heavy atom. The maximum Gasteiger partial charge on any atom is 0.293 e. The van der Waals surface area contributed by atoms with Gasteiger partial charge in [-0.25, -0.2) is 4.98 Å². The van der Waals surface area contributed by atoms with Gasteiger partial charge in [0.1, 0.15) is 10.7 Å². The minimum atomic E-state index is -0.277. The van der Waals surface area contributed by atoms with Gasteiger partial charge in [0.2, 0.25) is 0 Å². The third kappa shape index (κ3) is 2.73. The topological polar surface area (TPSA) is 59.3 Å². The summed E-state index contributed by atoms with van der Waals surface area (Å²) in [6.07, 6.45) is 3.39. The zero-order chi connectivity index (χ0) is 16.5. The molecule has 0 radical (unpaired) electrons. The van der Waals surface area contributed by atoms with E-state index in [9.17, 15) is 10.1 Å². The number of nitro benzene ring substituents is 1. The van der Waals surface area contributed by atoms with Gasteiger partial charge in [-0.2, -0.15) is 0 Å². The Labute approximate surface area is 143 Å². The molecule has 1 fully saturated rings. The van der Waals surface area contributed by atoms with E-state index < -0.39 is 0 Å². The van der Waals surface area contributed by atoms with Crippen molar-refractivity contribution in [3.05, 3.63) is 52.6 Å². The highest BCUT2D eigenvalue weighted by molar-refractivity contribution is 7.21. The highest BCUT2D eigenvalue weighted by Gasteiger charge is 2.22. The molecule has 0 bridgehead atoms. The van der Waals surface area contributed by atoms with E-state index in [1.807, 2.05) is 36.4 Å². The lowest BCUT2D eigenvalue weighted by atomic mass is 10.1. The van der Waals surface area contributed by atoms with Crippen LogP contribution in [0.2, 0.25) is 0 Å². The average Bonchev–Trinajstić information content (AvgIpc) is 3.06. The number of anilines is 1. The van der Waals surface area contributed by atoms with Crippen molar-refractivity contribution in [1.29, 1.82) is 0 Å². The summed E-state index contributed by atoms with van der Waals surface area (Å²) in [6.45, 7) is 1.78. The van der Waals surface area contributed by atoms with E-state index in [1.54, 1.807) is 17.4 Å². The predicted molar refractivity (Wildman–Crippen MR) is 97.8 cm³/mol. The average molecular weight is 339 g/mol. The van der Waals surface area contributed by atoms with Gasteiger partial charge in [0.05, 0.1) is 15.1 Å². The molecule has 0 aliphatic carbocycles. The molecule has 2 heterocycles. The van der Waals surface area contributed by atoms with Crippen LogP contribution in [-0.4, -0.2) is 23.0 Å². The molecule has 0 saturated carbocycles. The monoisotopic (exact) mass is 339 g/mol. The lowest BCUT2D eigenvalue weighted by molar-refractivity contribution is -0.384. The molecule has 3 aromatic rings. The number of nitrogens with zero attached hydrogens (tertiary/aromatic N) is 3. The summed E-state index contributed by atoms with van der Waals surface area (Å²) in [6, 6.07) is 13.4.